The molecule has 0 atom stereocenters. The molecule has 6 aliphatic rings. The van der Waals surface area contributed by atoms with E-state index in [-0.39, 0.29) is 5.41 Å². The highest BCUT2D eigenvalue weighted by molar-refractivity contribution is 7.04. The van der Waals surface area contributed by atoms with Crippen molar-refractivity contribution in [3.63, 3.8) is 0 Å². The Bertz CT molecular complexity index is 3400. The Morgan fingerprint density at radius 1 is 0.373 bits per heavy atom. The van der Waals surface area contributed by atoms with Gasteiger partial charge in [0.1, 0.15) is 8.07 Å². The van der Waals surface area contributed by atoms with E-state index in [9.17, 15) is 0 Å². The Kier molecular flexibility index (Phi) is 8.62. The Balaban J connectivity index is 0.835. The molecule has 4 bridgehead atoms. The summed E-state index contributed by atoms with van der Waals surface area (Å²) < 4.78 is 0. The third-order valence-corrected chi connectivity index (χ3v) is 20.5. The summed E-state index contributed by atoms with van der Waals surface area (Å²) in [4.78, 5) is 15.3. The first-order valence-corrected chi connectivity index (χ1v) is 27.5. The zero-order valence-corrected chi connectivity index (χ0v) is 39.1. The van der Waals surface area contributed by atoms with Gasteiger partial charge in [-0.15, -0.1) is 0 Å². The lowest BCUT2D eigenvalue weighted by atomic mass is 9.43. The van der Waals surface area contributed by atoms with Crippen LogP contribution in [0.5, 0.6) is 0 Å². The second kappa shape index (κ2) is 14.7. The highest BCUT2D eigenvalue weighted by atomic mass is 28.3. The molecule has 0 amide bonds. The Morgan fingerprint density at radius 2 is 0.821 bits per heavy atom. The van der Waals surface area contributed by atoms with Crippen LogP contribution in [-0.4, -0.2) is 23.0 Å². The average molecular weight is 878 g/mol. The van der Waals surface area contributed by atoms with Gasteiger partial charge in [0.05, 0.1) is 0 Å². The largest absolute Gasteiger partial charge is 0.208 e. The van der Waals surface area contributed by atoms with Gasteiger partial charge in [-0.2, -0.15) is 0 Å². The van der Waals surface area contributed by atoms with Gasteiger partial charge in [0.25, 0.3) is 0 Å². The van der Waals surface area contributed by atoms with Crippen molar-refractivity contribution < 1.29 is 0 Å². The van der Waals surface area contributed by atoms with E-state index in [2.05, 4.69) is 183 Å². The van der Waals surface area contributed by atoms with Crippen LogP contribution in [0.1, 0.15) is 43.2 Å². The quantitative estimate of drug-likeness (QED) is 0.156. The van der Waals surface area contributed by atoms with Gasteiger partial charge in [0.15, 0.2) is 17.5 Å². The zero-order valence-electron chi connectivity index (χ0n) is 38.1. The summed E-state index contributed by atoms with van der Waals surface area (Å²) in [5.41, 5.74) is 19.7. The fraction of sp³-hybridized carbons (Fsp3) is 0.190. The summed E-state index contributed by atoms with van der Waals surface area (Å²) >= 11 is 0. The summed E-state index contributed by atoms with van der Waals surface area (Å²) in [6, 6.07) is 69.1. The van der Waals surface area contributed by atoms with Crippen molar-refractivity contribution >= 4 is 18.4 Å². The number of hydrogen-bond acceptors (Lipinski definition) is 3. The predicted octanol–water partition coefficient (Wildman–Crippen LogP) is 14.4. The minimum absolute atomic E-state index is 0.124. The van der Waals surface area contributed by atoms with Crippen LogP contribution in [-0.2, 0) is 5.41 Å². The molecule has 1 aromatic heterocycles. The minimum Gasteiger partial charge on any atom is -0.208 e. The van der Waals surface area contributed by atoms with E-state index >= 15 is 0 Å². The molecule has 0 radical (unpaired) electrons. The minimum atomic E-state index is -1.95. The van der Waals surface area contributed by atoms with Gasteiger partial charge in [-0.1, -0.05) is 189 Å². The van der Waals surface area contributed by atoms with Crippen molar-refractivity contribution in [1.82, 2.24) is 15.0 Å². The summed E-state index contributed by atoms with van der Waals surface area (Å²) in [5, 5.41) is 3.37. The van der Waals surface area contributed by atoms with Crippen molar-refractivity contribution in [1.29, 1.82) is 0 Å². The fourth-order valence-corrected chi connectivity index (χ4v) is 17.8. The topological polar surface area (TPSA) is 38.7 Å². The van der Waals surface area contributed by atoms with Gasteiger partial charge in [-0.3, -0.25) is 0 Å². The number of hydrogen-bond donors (Lipinski definition) is 0. The molecule has 15 rings (SSSR count). The van der Waals surface area contributed by atoms with Crippen LogP contribution in [0.4, 0.5) is 0 Å². The molecule has 4 heteroatoms. The van der Waals surface area contributed by atoms with Crippen molar-refractivity contribution in [2.45, 2.75) is 50.6 Å². The van der Waals surface area contributed by atoms with E-state index in [0.29, 0.717) is 17.5 Å². The SMILES string of the molecule is C[Si]1(C)c2ccccc2-c2ccc3c(c21)C1(c2ccc(-c4ccc(-c5nc(-c6ccccc6)nc(-c6ccc(-c7cccc(-c8ccccc8)c7)cc6)n5)cc4)cc2-3)C2CC3CC(C2)CC1C3. The normalized spacial score (nSPS) is 22.1. The molecule has 4 saturated carbocycles. The second-order valence-electron chi connectivity index (χ2n) is 20.8. The highest BCUT2D eigenvalue weighted by Crippen LogP contribution is 2.69. The molecule has 5 aliphatic carbocycles. The molecule has 9 aromatic rings. The Labute approximate surface area is 394 Å². The summed E-state index contributed by atoms with van der Waals surface area (Å²) in [6.07, 6.45) is 7.05. The number of fused-ring (bicyclic) bond motifs is 7. The molecular weight excluding hydrogens is 827 g/mol. The molecule has 1 spiro atoms. The maximum atomic E-state index is 5.15. The molecule has 4 fully saturated rings. The van der Waals surface area contributed by atoms with Gasteiger partial charge >= 0.3 is 0 Å². The lowest BCUT2D eigenvalue weighted by Crippen LogP contribution is -2.59. The second-order valence-corrected chi connectivity index (χ2v) is 25.1. The first-order valence-electron chi connectivity index (χ1n) is 24.5. The lowest BCUT2D eigenvalue weighted by Gasteiger charge is -2.61. The van der Waals surface area contributed by atoms with Gasteiger partial charge in [-0.25, -0.2) is 15.0 Å². The molecule has 3 nitrogen and oxygen atoms in total. The van der Waals surface area contributed by atoms with Crippen LogP contribution in [0.3, 0.4) is 0 Å². The van der Waals surface area contributed by atoms with Crippen molar-refractivity contribution in [2.75, 3.05) is 0 Å². The van der Waals surface area contributed by atoms with E-state index < -0.39 is 8.07 Å². The van der Waals surface area contributed by atoms with Crippen molar-refractivity contribution in [3.8, 4) is 89.8 Å². The number of aromatic nitrogens is 3. The van der Waals surface area contributed by atoms with Crippen LogP contribution in [0.2, 0.25) is 13.1 Å². The molecule has 0 N–H and O–H groups in total. The summed E-state index contributed by atoms with van der Waals surface area (Å²) in [6.45, 7) is 5.28. The number of rotatable bonds is 6. The van der Waals surface area contributed by atoms with Crippen molar-refractivity contribution in [2.24, 2.45) is 23.7 Å². The molecule has 8 aromatic carbocycles. The summed E-state index contributed by atoms with van der Waals surface area (Å²) in [7, 11) is -1.95. The van der Waals surface area contributed by atoms with E-state index in [0.717, 1.165) is 45.9 Å². The molecule has 2 heterocycles. The number of benzene rings is 8. The molecular formula is C63H51N3Si. The van der Waals surface area contributed by atoms with Gasteiger partial charge < -0.3 is 0 Å². The maximum absolute atomic E-state index is 5.15. The third-order valence-electron chi connectivity index (χ3n) is 16.9. The summed E-state index contributed by atoms with van der Waals surface area (Å²) in [5.74, 6) is 5.29. The average Bonchev–Trinajstić information content (AvgIpc) is 3.80. The zero-order chi connectivity index (χ0) is 44.4. The van der Waals surface area contributed by atoms with E-state index in [4.69, 9.17) is 15.0 Å². The van der Waals surface area contributed by atoms with E-state index in [1.54, 1.807) is 21.5 Å². The molecule has 0 unspecified atom stereocenters. The first kappa shape index (κ1) is 39.2. The van der Waals surface area contributed by atoms with Crippen LogP contribution < -0.4 is 10.4 Å². The first-order chi connectivity index (χ1) is 32.9. The van der Waals surface area contributed by atoms with Crippen LogP contribution in [0, 0.1) is 23.7 Å². The van der Waals surface area contributed by atoms with E-state index in [1.807, 2.05) is 18.2 Å². The van der Waals surface area contributed by atoms with Crippen LogP contribution >= 0.6 is 0 Å². The van der Waals surface area contributed by atoms with Crippen LogP contribution in [0.15, 0.2) is 188 Å². The fourth-order valence-electron chi connectivity index (χ4n) is 14.2. The molecule has 322 valence electrons. The van der Waals surface area contributed by atoms with E-state index in [1.165, 1.54) is 82.2 Å². The monoisotopic (exact) mass is 877 g/mol. The smallest absolute Gasteiger partial charge is 0.164 e. The van der Waals surface area contributed by atoms with Gasteiger partial charge in [-0.05, 0) is 145 Å². The Morgan fingerprint density at radius 3 is 1.42 bits per heavy atom. The van der Waals surface area contributed by atoms with Gasteiger partial charge in [0, 0.05) is 22.1 Å². The standard InChI is InChI=1S/C63H51N3Si/c1-67(2)57-19-10-9-18-52(57)54-30-29-53-55-38-49(28-31-56(55)63(58(53)59(54)67)50-33-39-32-40(35-50)36-51(63)34-39)43-22-26-46(27-23-43)62-65-60(44-14-7-4-8-15-44)64-61(66-62)45-24-20-42(21-25-45)48-17-11-16-47(37-48)41-12-5-3-6-13-41/h3-31,37-40,50-51H,32-36H2,1-2H3. The molecule has 67 heavy (non-hydrogen) atoms. The van der Waals surface area contributed by atoms with Crippen LogP contribution in [0.25, 0.3) is 89.8 Å². The highest BCUT2D eigenvalue weighted by Gasteiger charge is 2.63. The Hall–Kier alpha value is -7.01. The maximum Gasteiger partial charge on any atom is 0.164 e. The third kappa shape index (κ3) is 5.91. The number of nitrogens with zero attached hydrogens (tertiary/aromatic N) is 3. The lowest BCUT2D eigenvalue weighted by molar-refractivity contribution is -0.0395. The molecule has 0 saturated heterocycles. The van der Waals surface area contributed by atoms with Gasteiger partial charge in [0.2, 0.25) is 0 Å². The van der Waals surface area contributed by atoms with Crippen molar-refractivity contribution in [3.05, 3.63) is 199 Å². The molecule has 1 aliphatic heterocycles. The predicted molar refractivity (Wildman–Crippen MR) is 278 cm³/mol.